The van der Waals surface area contributed by atoms with Crippen LogP contribution in [0.1, 0.15) is 50.7 Å². The average molecular weight is 538 g/mol. The molecule has 2 aliphatic rings. The van der Waals surface area contributed by atoms with Gasteiger partial charge in [0.05, 0.1) is 6.42 Å². The number of hydrogen-bond acceptors (Lipinski definition) is 6. The summed E-state index contributed by atoms with van der Waals surface area (Å²) in [4.78, 5) is 42.1. The first-order chi connectivity index (χ1) is 18.6. The van der Waals surface area contributed by atoms with Crippen LogP contribution >= 0.6 is 0 Å². The number of aliphatic carboxylic acids is 1. The SMILES string of the molecule is CC(C)(C)OC(=O)N1CCN(CCCN(CCC(=O)O)C(=O)OCC2c3ccccc3-c3ccccc32)CC1. The molecule has 2 aromatic carbocycles. The third kappa shape index (κ3) is 7.50. The highest BCUT2D eigenvalue weighted by Crippen LogP contribution is 2.44. The molecule has 2 amide bonds. The molecule has 0 unspecified atom stereocenters. The van der Waals surface area contributed by atoms with Crippen molar-refractivity contribution in [2.75, 3.05) is 52.4 Å². The summed E-state index contributed by atoms with van der Waals surface area (Å²) in [6, 6.07) is 16.3. The van der Waals surface area contributed by atoms with E-state index in [-0.39, 0.29) is 31.6 Å². The second-order valence-electron chi connectivity index (χ2n) is 11.1. The molecule has 1 heterocycles. The highest BCUT2D eigenvalue weighted by atomic mass is 16.6. The van der Waals surface area contributed by atoms with Crippen molar-refractivity contribution >= 4 is 18.2 Å². The van der Waals surface area contributed by atoms with E-state index >= 15 is 0 Å². The van der Waals surface area contributed by atoms with Crippen LogP contribution in [-0.2, 0) is 14.3 Å². The Bertz CT molecular complexity index is 1120. The molecule has 0 aromatic heterocycles. The smallest absolute Gasteiger partial charge is 0.410 e. The van der Waals surface area contributed by atoms with E-state index in [9.17, 15) is 19.5 Å². The lowest BCUT2D eigenvalue weighted by Crippen LogP contribution is -2.50. The third-order valence-electron chi connectivity index (χ3n) is 7.12. The number of hydrogen-bond donors (Lipinski definition) is 1. The minimum atomic E-state index is -0.954. The Labute approximate surface area is 230 Å². The normalized spacial score (nSPS) is 15.4. The number of nitrogens with zero attached hydrogens (tertiary/aromatic N) is 3. The van der Waals surface area contributed by atoms with Crippen molar-refractivity contribution in [1.29, 1.82) is 0 Å². The average Bonchev–Trinajstić information content (AvgIpc) is 3.22. The van der Waals surface area contributed by atoms with Crippen LogP contribution in [0.3, 0.4) is 0 Å². The Morgan fingerprint density at radius 2 is 1.51 bits per heavy atom. The zero-order valence-electron chi connectivity index (χ0n) is 23.1. The lowest BCUT2D eigenvalue weighted by atomic mass is 9.98. The highest BCUT2D eigenvalue weighted by molar-refractivity contribution is 5.79. The van der Waals surface area contributed by atoms with Crippen molar-refractivity contribution in [2.24, 2.45) is 0 Å². The number of carbonyl (C=O) groups is 3. The maximum Gasteiger partial charge on any atom is 0.410 e. The van der Waals surface area contributed by atoms with Crippen molar-refractivity contribution in [3.05, 3.63) is 59.7 Å². The molecule has 0 radical (unpaired) electrons. The molecule has 4 rings (SSSR count). The molecule has 39 heavy (non-hydrogen) atoms. The molecule has 0 atom stereocenters. The molecular weight excluding hydrogens is 498 g/mol. The molecule has 2 aromatic rings. The number of ether oxygens (including phenoxy) is 2. The number of rotatable bonds is 9. The van der Waals surface area contributed by atoms with E-state index in [1.807, 2.05) is 45.0 Å². The minimum absolute atomic E-state index is 0.0519. The van der Waals surface area contributed by atoms with Crippen LogP contribution in [0.25, 0.3) is 11.1 Å². The number of benzene rings is 2. The van der Waals surface area contributed by atoms with Gasteiger partial charge in [0.25, 0.3) is 0 Å². The molecule has 0 saturated carbocycles. The van der Waals surface area contributed by atoms with Gasteiger partial charge in [0.15, 0.2) is 0 Å². The van der Waals surface area contributed by atoms with Gasteiger partial charge >= 0.3 is 18.2 Å². The summed E-state index contributed by atoms with van der Waals surface area (Å²) >= 11 is 0. The van der Waals surface area contributed by atoms with Gasteiger partial charge in [-0.25, -0.2) is 9.59 Å². The van der Waals surface area contributed by atoms with Crippen LogP contribution in [-0.4, -0.2) is 96.0 Å². The number of amides is 2. The van der Waals surface area contributed by atoms with Gasteiger partial charge in [-0.3, -0.25) is 9.69 Å². The van der Waals surface area contributed by atoms with Crippen LogP contribution in [0, 0.1) is 0 Å². The van der Waals surface area contributed by atoms with E-state index in [4.69, 9.17) is 9.47 Å². The first-order valence-corrected chi connectivity index (χ1v) is 13.6. The lowest BCUT2D eigenvalue weighted by Gasteiger charge is -2.35. The summed E-state index contributed by atoms with van der Waals surface area (Å²) < 4.78 is 11.2. The summed E-state index contributed by atoms with van der Waals surface area (Å²) in [7, 11) is 0. The standard InChI is InChI=1S/C30H39N3O6/c1-30(2,3)39-29(37)33-19-17-31(18-20-33)14-8-15-32(16-13-27(34)35)28(36)38-21-26-24-11-6-4-9-22(24)23-10-5-7-12-25(23)26/h4-7,9-12,26H,8,13-21H2,1-3H3,(H,34,35). The fraction of sp³-hybridized carbons (Fsp3) is 0.500. The van der Waals surface area contributed by atoms with Gasteiger partial charge in [0, 0.05) is 45.2 Å². The molecule has 0 spiro atoms. The third-order valence-corrected chi connectivity index (χ3v) is 7.12. The van der Waals surface area contributed by atoms with Gasteiger partial charge in [-0.05, 0) is 56.0 Å². The lowest BCUT2D eigenvalue weighted by molar-refractivity contribution is -0.137. The van der Waals surface area contributed by atoms with E-state index in [1.54, 1.807) is 4.90 Å². The topological polar surface area (TPSA) is 99.6 Å². The number of carboxylic acids is 1. The Morgan fingerprint density at radius 3 is 2.08 bits per heavy atom. The Hall–Kier alpha value is -3.59. The summed E-state index contributed by atoms with van der Waals surface area (Å²) in [5.74, 6) is -1.01. The van der Waals surface area contributed by atoms with Gasteiger partial charge in [0.2, 0.25) is 0 Å². The quantitative estimate of drug-likeness (QED) is 0.497. The van der Waals surface area contributed by atoms with Crippen LogP contribution in [0.2, 0.25) is 0 Å². The second-order valence-corrected chi connectivity index (χ2v) is 11.1. The zero-order chi connectivity index (χ0) is 28.0. The predicted molar refractivity (Wildman–Crippen MR) is 148 cm³/mol. The van der Waals surface area contributed by atoms with Gasteiger partial charge < -0.3 is 24.4 Å². The van der Waals surface area contributed by atoms with Crippen LogP contribution in [0.5, 0.6) is 0 Å². The molecule has 210 valence electrons. The van der Waals surface area contributed by atoms with Crippen molar-refractivity contribution in [1.82, 2.24) is 14.7 Å². The minimum Gasteiger partial charge on any atom is -0.481 e. The summed E-state index contributed by atoms with van der Waals surface area (Å²) in [6.07, 6.45) is -0.250. The number of fused-ring (bicyclic) bond motifs is 3. The van der Waals surface area contributed by atoms with Gasteiger partial charge in [-0.1, -0.05) is 48.5 Å². The van der Waals surface area contributed by atoms with E-state index in [2.05, 4.69) is 29.2 Å². The highest BCUT2D eigenvalue weighted by Gasteiger charge is 2.30. The van der Waals surface area contributed by atoms with Gasteiger partial charge in [-0.2, -0.15) is 0 Å². The molecule has 1 aliphatic carbocycles. The van der Waals surface area contributed by atoms with Gasteiger partial charge in [0.1, 0.15) is 12.2 Å². The summed E-state index contributed by atoms with van der Waals surface area (Å²) in [5, 5.41) is 9.21. The first kappa shape index (κ1) is 28.4. The Morgan fingerprint density at radius 1 is 0.923 bits per heavy atom. The van der Waals surface area contributed by atoms with Crippen LogP contribution in [0.15, 0.2) is 48.5 Å². The van der Waals surface area contributed by atoms with Crippen LogP contribution in [0.4, 0.5) is 9.59 Å². The molecule has 9 heteroatoms. The Kier molecular flexibility index (Phi) is 9.12. The molecule has 0 bridgehead atoms. The van der Waals surface area contributed by atoms with E-state index in [0.717, 1.165) is 41.9 Å². The fourth-order valence-corrected chi connectivity index (χ4v) is 5.18. The predicted octanol–water partition coefficient (Wildman–Crippen LogP) is 4.66. The monoisotopic (exact) mass is 537 g/mol. The van der Waals surface area contributed by atoms with E-state index in [0.29, 0.717) is 26.1 Å². The maximum absolute atomic E-state index is 13.1. The van der Waals surface area contributed by atoms with Crippen LogP contribution < -0.4 is 0 Å². The zero-order valence-corrected chi connectivity index (χ0v) is 23.1. The molecule has 9 nitrogen and oxygen atoms in total. The molecule has 1 aliphatic heterocycles. The summed E-state index contributed by atoms with van der Waals surface area (Å²) in [6.45, 7) is 9.61. The van der Waals surface area contributed by atoms with E-state index < -0.39 is 17.7 Å². The Balaban J connectivity index is 1.28. The van der Waals surface area contributed by atoms with Crippen molar-refractivity contribution < 1.29 is 29.0 Å². The van der Waals surface area contributed by atoms with Crippen molar-refractivity contribution in [3.8, 4) is 11.1 Å². The number of carboxylic acid groups (broad SMARTS) is 1. The first-order valence-electron chi connectivity index (χ1n) is 13.6. The molecule has 1 fully saturated rings. The van der Waals surface area contributed by atoms with Crippen molar-refractivity contribution in [3.63, 3.8) is 0 Å². The van der Waals surface area contributed by atoms with E-state index in [1.165, 1.54) is 4.90 Å². The molecule has 1 N–H and O–H groups in total. The largest absolute Gasteiger partial charge is 0.481 e. The van der Waals surface area contributed by atoms with Crippen molar-refractivity contribution in [2.45, 2.75) is 45.1 Å². The number of piperazine rings is 1. The second kappa shape index (κ2) is 12.5. The maximum atomic E-state index is 13.1. The molecule has 1 saturated heterocycles. The summed E-state index contributed by atoms with van der Waals surface area (Å²) in [5.41, 5.74) is 4.06. The molecular formula is C30H39N3O6. The van der Waals surface area contributed by atoms with Gasteiger partial charge in [-0.15, -0.1) is 0 Å². The fourth-order valence-electron chi connectivity index (χ4n) is 5.18. The number of carbonyl (C=O) groups excluding carboxylic acids is 2.